The third kappa shape index (κ3) is 17.4. The number of anilines is 2. The van der Waals surface area contributed by atoms with Crippen molar-refractivity contribution < 1.29 is 29.1 Å². The molecule has 1 aliphatic heterocycles. The zero-order chi connectivity index (χ0) is 57.3. The van der Waals surface area contributed by atoms with E-state index in [2.05, 4.69) is 36.6 Å². The second-order valence-electron chi connectivity index (χ2n) is 21.5. The van der Waals surface area contributed by atoms with E-state index in [-0.39, 0.29) is 49.3 Å². The van der Waals surface area contributed by atoms with Crippen molar-refractivity contribution >= 4 is 64.0 Å². The number of unbranched alkanes of at least 4 members (excludes halogenated alkanes) is 3. The summed E-state index contributed by atoms with van der Waals surface area (Å²) in [6.45, 7) is 20.7. The van der Waals surface area contributed by atoms with E-state index < -0.39 is 41.3 Å². The second kappa shape index (κ2) is 29.0. The largest absolute Gasteiger partial charge is 0.391 e. The lowest BCUT2D eigenvalue weighted by Gasteiger charge is -2.35. The molecule has 0 bridgehead atoms. The Kier molecular flexibility index (Phi) is 23.0. The number of allylic oxidation sites excluding steroid dienone is 3. The molecule has 5 amide bonds. The van der Waals surface area contributed by atoms with Gasteiger partial charge in [0.2, 0.25) is 23.6 Å². The van der Waals surface area contributed by atoms with Crippen molar-refractivity contribution in [2.24, 2.45) is 11.1 Å². The summed E-state index contributed by atoms with van der Waals surface area (Å²) in [6.07, 6.45) is 8.76. The number of likely N-dealkylation sites (tertiary alicyclic amines) is 1. The summed E-state index contributed by atoms with van der Waals surface area (Å²) < 4.78 is 0. The summed E-state index contributed by atoms with van der Waals surface area (Å²) in [7, 11) is 0. The Morgan fingerprint density at radius 3 is 2.29 bits per heavy atom. The number of thiazole rings is 1. The number of benzene rings is 2. The monoisotopic (exact) mass is 1090 g/mol. The number of aliphatic hydroxyl groups is 1. The highest BCUT2D eigenvalue weighted by atomic mass is 32.1. The van der Waals surface area contributed by atoms with E-state index in [9.17, 15) is 33.9 Å². The topological polar surface area (TPSA) is 268 Å². The van der Waals surface area contributed by atoms with Crippen LogP contribution < -0.4 is 37.9 Å². The highest BCUT2D eigenvalue weighted by Gasteiger charge is 2.44. The van der Waals surface area contributed by atoms with Crippen molar-refractivity contribution in [1.82, 2.24) is 35.7 Å². The first-order chi connectivity index (χ1) is 37.0. The first-order valence-electron chi connectivity index (χ1n) is 27.2. The Hall–Kier alpha value is -7.12. The van der Waals surface area contributed by atoms with Crippen LogP contribution in [0, 0.1) is 24.7 Å². The Balaban J connectivity index is 1.07. The minimum Gasteiger partial charge on any atom is -0.391 e. The second-order valence-corrected chi connectivity index (χ2v) is 22.4. The molecule has 0 spiro atoms. The van der Waals surface area contributed by atoms with Gasteiger partial charge in [-0.05, 0) is 125 Å². The summed E-state index contributed by atoms with van der Waals surface area (Å²) >= 11 is 1.54. The summed E-state index contributed by atoms with van der Waals surface area (Å²) in [6, 6.07) is 11.2. The van der Waals surface area contributed by atoms with Crippen LogP contribution in [0.2, 0.25) is 0 Å². The predicted molar refractivity (Wildman–Crippen MR) is 312 cm³/mol. The molecule has 2 unspecified atom stereocenters. The molecule has 19 heteroatoms. The van der Waals surface area contributed by atoms with Gasteiger partial charge < -0.3 is 57.6 Å². The first-order valence-corrected chi connectivity index (χ1v) is 28.1. The van der Waals surface area contributed by atoms with E-state index in [1.54, 1.807) is 29.8 Å². The lowest BCUT2D eigenvalue weighted by atomic mass is 9.85. The molecule has 1 fully saturated rings. The van der Waals surface area contributed by atoms with Gasteiger partial charge in [0.15, 0.2) is 0 Å². The van der Waals surface area contributed by atoms with Gasteiger partial charge in [0.25, 0.3) is 11.5 Å². The number of hydrogen-bond acceptors (Lipinski definition) is 13. The van der Waals surface area contributed by atoms with Crippen LogP contribution >= 0.6 is 11.3 Å². The standard InChI is InChI=1S/C59H83N11O7S/c1-11-17-41-28-38(6)66-56(75)47(41)33-63-55(74)45-29-42(30-48(46(45)32-60)65-36(3)4)37(5)20-25-50(61)69(12-2)27-26-62-51(72)18-15-13-14-16-19-52(73)68-54(59(8,9)10)58(77)70-34-44(71)31-49(70)57(76)67-43-23-21-40(22-24-43)53-39(7)64-35-78-53/h20-25,28-30,32,35-36,44,49,54,60,65,71H,11-19,26-27,31,33-34,61H2,1-10H3,(H,62,72)(H,63,74)(H,66,75)(H,67,76)(H,68,73)/b37-20+,50-25+,60-32?/t44?,49?,54-/m1/s1. The molecular formula is C59H83N11O7S. The predicted octanol–water partition coefficient (Wildman–Crippen LogP) is 7.93. The van der Waals surface area contributed by atoms with E-state index in [4.69, 9.17) is 11.1 Å². The van der Waals surface area contributed by atoms with Gasteiger partial charge in [-0.2, -0.15) is 0 Å². The van der Waals surface area contributed by atoms with Crippen molar-refractivity contribution in [3.8, 4) is 10.4 Å². The van der Waals surface area contributed by atoms with E-state index in [1.807, 2.05) is 104 Å². The van der Waals surface area contributed by atoms with Gasteiger partial charge >= 0.3 is 0 Å². The van der Waals surface area contributed by atoms with Crippen molar-refractivity contribution in [2.75, 3.05) is 36.8 Å². The smallest absolute Gasteiger partial charge is 0.253 e. The molecule has 1 saturated heterocycles. The van der Waals surface area contributed by atoms with Crippen LogP contribution in [0.25, 0.3) is 16.0 Å². The number of likely N-dealkylation sites (N-methyl/N-ethyl adjacent to an activating group) is 1. The number of β-amino-alcohol motifs (C(OH)–C–C–N with tert-alkyl or cyclic N) is 1. The number of aryl methyl sites for hydroxylation is 3. The zero-order valence-electron chi connectivity index (χ0n) is 47.3. The van der Waals surface area contributed by atoms with Crippen molar-refractivity contribution in [1.29, 1.82) is 5.41 Å². The van der Waals surface area contributed by atoms with Crippen LogP contribution in [0.5, 0.6) is 0 Å². The molecule has 10 N–H and O–H groups in total. The van der Waals surface area contributed by atoms with Crippen molar-refractivity contribution in [3.05, 3.63) is 116 Å². The Morgan fingerprint density at radius 2 is 1.68 bits per heavy atom. The number of nitrogens with one attached hydrogen (secondary N) is 7. The minimum atomic E-state index is -0.927. The van der Waals surface area contributed by atoms with Crippen molar-refractivity contribution in [3.63, 3.8) is 0 Å². The normalized spacial score (nSPS) is 15.2. The Bertz CT molecular complexity index is 2860. The number of aromatic nitrogens is 2. The van der Waals surface area contributed by atoms with Gasteiger partial charge in [-0.25, -0.2) is 4.98 Å². The number of rotatable bonds is 27. The van der Waals surface area contributed by atoms with Gasteiger partial charge in [-0.3, -0.25) is 28.8 Å². The third-order valence-electron chi connectivity index (χ3n) is 13.7. The number of nitrogens with zero attached hydrogens (tertiary/aromatic N) is 3. The molecule has 422 valence electrons. The molecule has 78 heavy (non-hydrogen) atoms. The first kappa shape index (κ1) is 61.7. The van der Waals surface area contributed by atoms with E-state index in [0.717, 1.165) is 57.6 Å². The van der Waals surface area contributed by atoms with E-state index in [0.29, 0.717) is 85.6 Å². The van der Waals surface area contributed by atoms with Gasteiger partial charge in [-0.1, -0.05) is 65.2 Å². The van der Waals surface area contributed by atoms with Gasteiger partial charge in [0.05, 0.1) is 33.6 Å². The van der Waals surface area contributed by atoms with E-state index >= 15 is 0 Å². The summed E-state index contributed by atoms with van der Waals surface area (Å²) in [4.78, 5) is 92.0. The fourth-order valence-corrected chi connectivity index (χ4v) is 10.3. The molecule has 0 saturated carbocycles. The molecule has 0 aliphatic carbocycles. The molecule has 0 radical (unpaired) electrons. The molecular weight excluding hydrogens is 1010 g/mol. The zero-order valence-corrected chi connectivity index (χ0v) is 48.1. The number of H-pyrrole nitrogens is 1. The maximum atomic E-state index is 14.1. The molecule has 3 heterocycles. The fourth-order valence-electron chi connectivity index (χ4n) is 9.48. The van der Waals surface area contributed by atoms with Crippen LogP contribution in [0.1, 0.15) is 151 Å². The highest BCUT2D eigenvalue weighted by Crippen LogP contribution is 2.31. The molecule has 3 atom stereocenters. The van der Waals surface area contributed by atoms with Crippen molar-refractivity contribution in [2.45, 2.75) is 158 Å². The van der Waals surface area contributed by atoms with Gasteiger partial charge in [0.1, 0.15) is 12.1 Å². The fraction of sp³-hybridized carbons (Fsp3) is 0.492. The maximum Gasteiger partial charge on any atom is 0.253 e. The van der Waals surface area contributed by atoms with Crippen LogP contribution in [0.4, 0.5) is 11.4 Å². The molecule has 5 rings (SSSR count). The highest BCUT2D eigenvalue weighted by molar-refractivity contribution is 7.13. The number of carbonyl (C=O) groups excluding carboxylic acids is 5. The lowest BCUT2D eigenvalue weighted by Crippen LogP contribution is -2.57. The minimum absolute atomic E-state index is 0.0169. The number of pyridine rings is 1. The van der Waals surface area contributed by atoms with Gasteiger partial charge in [0, 0.05) is 92.4 Å². The van der Waals surface area contributed by atoms with E-state index in [1.165, 1.54) is 16.2 Å². The number of nitrogens with two attached hydrogens (primary N) is 1. The molecule has 4 aromatic rings. The molecule has 18 nitrogen and oxygen atoms in total. The van der Waals surface area contributed by atoms with Crippen LogP contribution in [0.15, 0.2) is 70.7 Å². The Labute approximate surface area is 464 Å². The summed E-state index contributed by atoms with van der Waals surface area (Å²) in [5.74, 6) is -1.11. The SMILES string of the molecule is CCCc1cc(C)[nH]c(=O)c1CNC(=O)c1cc(/C(C)=C/C=C(\N)N(CC)CCNC(=O)CCCCCCC(=O)N[C@H](C(=O)N2CC(O)CC2C(=O)Nc2ccc(-c3scnc3C)cc2)C(C)(C)C)cc(NC(C)C)c1C=N. The maximum absolute atomic E-state index is 14.1. The van der Waals surface area contributed by atoms with Crippen LogP contribution in [0.3, 0.4) is 0 Å². The number of aliphatic hydroxyl groups excluding tert-OH is 1. The number of hydrogen-bond donors (Lipinski definition) is 9. The van der Waals surface area contributed by atoms with Crippen LogP contribution in [-0.2, 0) is 32.1 Å². The van der Waals surface area contributed by atoms with Crippen LogP contribution in [-0.4, -0.2) is 111 Å². The average Bonchev–Trinajstić information content (AvgIpc) is 4.05. The number of aromatic amines is 1. The Morgan fingerprint density at radius 1 is 0.987 bits per heavy atom. The third-order valence-corrected chi connectivity index (χ3v) is 14.7. The molecule has 1 aliphatic rings. The number of amides is 5. The molecule has 2 aromatic heterocycles. The summed E-state index contributed by atoms with van der Waals surface area (Å²) in [5, 5.41) is 34.0. The average molecular weight is 1090 g/mol. The number of carbonyl (C=O) groups is 5. The summed E-state index contributed by atoms with van der Waals surface area (Å²) in [5.41, 5.74) is 15.0. The quantitative estimate of drug-likeness (QED) is 0.0157. The van der Waals surface area contributed by atoms with Gasteiger partial charge in [-0.15, -0.1) is 11.3 Å². The lowest BCUT2D eigenvalue weighted by molar-refractivity contribution is -0.143. The molecule has 2 aromatic carbocycles.